The van der Waals surface area contributed by atoms with E-state index in [0.717, 1.165) is 11.1 Å². The van der Waals surface area contributed by atoms with Gasteiger partial charge in [0.25, 0.3) is 0 Å². The lowest BCUT2D eigenvalue weighted by Gasteiger charge is -2.16. The lowest BCUT2D eigenvalue weighted by Crippen LogP contribution is -2.39. The number of anilines is 1. The van der Waals surface area contributed by atoms with Crippen LogP contribution in [0.5, 0.6) is 0 Å². The lowest BCUT2D eigenvalue weighted by atomic mass is 10.0. The molecule has 3 rings (SSSR count). The number of para-hydroxylation sites is 1. The minimum atomic E-state index is -0.970. The molecule has 0 aliphatic heterocycles. The Bertz CT molecular complexity index is 784. The number of benzene rings is 2. The quantitative estimate of drug-likeness (QED) is 0.814. The Morgan fingerprint density at radius 1 is 1.04 bits per heavy atom. The van der Waals surface area contributed by atoms with E-state index in [4.69, 9.17) is 11.6 Å². The second-order valence-corrected chi connectivity index (χ2v) is 6.53. The Morgan fingerprint density at radius 3 is 2.38 bits per heavy atom. The van der Waals surface area contributed by atoms with Crippen LogP contribution in [0.25, 0.3) is 0 Å². The topological polar surface area (TPSA) is 58.2 Å². The highest BCUT2D eigenvalue weighted by Gasteiger charge is 2.56. The zero-order chi connectivity index (χ0) is 17.2. The molecule has 4 nitrogen and oxygen atoms in total. The van der Waals surface area contributed by atoms with E-state index in [9.17, 15) is 9.59 Å². The molecule has 5 heteroatoms. The highest BCUT2D eigenvalue weighted by atomic mass is 35.5. The first-order valence-electron chi connectivity index (χ1n) is 7.92. The molecule has 24 heavy (non-hydrogen) atoms. The van der Waals surface area contributed by atoms with Crippen LogP contribution in [0.1, 0.15) is 24.0 Å². The van der Waals surface area contributed by atoms with Crippen molar-refractivity contribution in [3.8, 4) is 0 Å². The summed E-state index contributed by atoms with van der Waals surface area (Å²) >= 11 is 6.06. The molecule has 124 valence electrons. The van der Waals surface area contributed by atoms with E-state index in [-0.39, 0.29) is 11.8 Å². The minimum absolute atomic E-state index is 0.227. The largest absolute Gasteiger partial charge is 0.351 e. The van der Waals surface area contributed by atoms with E-state index >= 15 is 0 Å². The van der Waals surface area contributed by atoms with Crippen molar-refractivity contribution in [1.29, 1.82) is 0 Å². The number of halogens is 1. The van der Waals surface area contributed by atoms with Crippen LogP contribution in [0.2, 0.25) is 5.02 Å². The summed E-state index contributed by atoms with van der Waals surface area (Å²) in [5, 5.41) is 6.12. The zero-order valence-electron chi connectivity index (χ0n) is 13.4. The molecule has 1 fully saturated rings. The predicted octanol–water partition coefficient (Wildman–Crippen LogP) is 3.68. The molecule has 0 atom stereocenters. The summed E-state index contributed by atoms with van der Waals surface area (Å²) in [7, 11) is 0. The monoisotopic (exact) mass is 342 g/mol. The molecule has 2 aromatic carbocycles. The van der Waals surface area contributed by atoms with Crippen LogP contribution in [0.15, 0.2) is 48.5 Å². The van der Waals surface area contributed by atoms with Gasteiger partial charge in [0.05, 0.1) is 10.7 Å². The van der Waals surface area contributed by atoms with Gasteiger partial charge in [-0.05, 0) is 43.0 Å². The SMILES string of the molecule is Cc1ccccc1CNC(=O)C1(C(=O)Nc2ccccc2Cl)CC1. The van der Waals surface area contributed by atoms with E-state index < -0.39 is 5.41 Å². The average Bonchev–Trinajstić information content (AvgIpc) is 3.38. The molecule has 2 amide bonds. The summed E-state index contributed by atoms with van der Waals surface area (Å²) in [6.07, 6.45) is 1.12. The summed E-state index contributed by atoms with van der Waals surface area (Å²) < 4.78 is 0. The molecular formula is C19H19ClN2O2. The highest BCUT2D eigenvalue weighted by Crippen LogP contribution is 2.47. The molecule has 0 aromatic heterocycles. The number of aryl methyl sites for hydroxylation is 1. The Hall–Kier alpha value is -2.33. The maximum absolute atomic E-state index is 12.5. The standard InChI is InChI=1S/C19H19ClN2O2/c1-13-6-2-3-7-14(13)12-21-17(23)19(10-11-19)18(24)22-16-9-5-4-8-15(16)20/h2-9H,10-12H2,1H3,(H,21,23)(H,22,24). The fourth-order valence-electron chi connectivity index (χ4n) is 2.64. The van der Waals surface area contributed by atoms with Crippen LogP contribution in [-0.2, 0) is 16.1 Å². The maximum Gasteiger partial charge on any atom is 0.240 e. The molecule has 0 spiro atoms. The zero-order valence-corrected chi connectivity index (χ0v) is 14.2. The second-order valence-electron chi connectivity index (χ2n) is 6.13. The van der Waals surface area contributed by atoms with Gasteiger partial charge in [-0.1, -0.05) is 48.0 Å². The van der Waals surface area contributed by atoms with E-state index in [1.54, 1.807) is 24.3 Å². The van der Waals surface area contributed by atoms with Gasteiger partial charge < -0.3 is 10.6 Å². The molecular weight excluding hydrogens is 324 g/mol. The van der Waals surface area contributed by atoms with Gasteiger partial charge in [0.1, 0.15) is 5.41 Å². The van der Waals surface area contributed by atoms with E-state index in [1.807, 2.05) is 31.2 Å². The number of nitrogens with one attached hydrogen (secondary N) is 2. The first kappa shape index (κ1) is 16.5. The summed E-state index contributed by atoms with van der Waals surface area (Å²) in [5.41, 5.74) is 1.72. The van der Waals surface area contributed by atoms with Crippen molar-refractivity contribution in [1.82, 2.24) is 5.32 Å². The average molecular weight is 343 g/mol. The Morgan fingerprint density at radius 2 is 1.71 bits per heavy atom. The van der Waals surface area contributed by atoms with Crippen LogP contribution in [-0.4, -0.2) is 11.8 Å². The summed E-state index contributed by atoms with van der Waals surface area (Å²) in [6, 6.07) is 14.9. The van der Waals surface area contributed by atoms with Crippen molar-refractivity contribution in [3.05, 3.63) is 64.7 Å². The van der Waals surface area contributed by atoms with Gasteiger partial charge >= 0.3 is 0 Å². The van der Waals surface area contributed by atoms with E-state index in [1.165, 1.54) is 0 Å². The summed E-state index contributed by atoms with van der Waals surface area (Å²) in [6.45, 7) is 2.42. The van der Waals surface area contributed by atoms with Crippen LogP contribution in [0.3, 0.4) is 0 Å². The van der Waals surface area contributed by atoms with Crippen molar-refractivity contribution >= 4 is 29.1 Å². The van der Waals surface area contributed by atoms with Crippen molar-refractivity contribution < 1.29 is 9.59 Å². The van der Waals surface area contributed by atoms with Gasteiger partial charge in [-0.25, -0.2) is 0 Å². The van der Waals surface area contributed by atoms with E-state index in [2.05, 4.69) is 10.6 Å². The first-order valence-corrected chi connectivity index (χ1v) is 8.29. The van der Waals surface area contributed by atoms with Crippen LogP contribution in [0, 0.1) is 12.3 Å². The number of rotatable bonds is 5. The first-order chi connectivity index (χ1) is 11.5. The van der Waals surface area contributed by atoms with Crippen molar-refractivity contribution in [2.45, 2.75) is 26.3 Å². The molecule has 2 N–H and O–H groups in total. The predicted molar refractivity (Wildman–Crippen MR) is 94.8 cm³/mol. The molecule has 0 radical (unpaired) electrons. The number of hydrogen-bond acceptors (Lipinski definition) is 2. The third kappa shape index (κ3) is 3.29. The third-order valence-corrected chi connectivity index (χ3v) is 4.77. The number of carbonyl (C=O) groups excluding carboxylic acids is 2. The summed E-state index contributed by atoms with van der Waals surface area (Å²) in [5.74, 6) is -0.520. The second kappa shape index (κ2) is 6.65. The molecule has 0 unspecified atom stereocenters. The van der Waals surface area contributed by atoms with Crippen LogP contribution < -0.4 is 10.6 Å². The summed E-state index contributed by atoms with van der Waals surface area (Å²) in [4.78, 5) is 25.1. The minimum Gasteiger partial charge on any atom is -0.351 e. The van der Waals surface area contributed by atoms with Crippen molar-refractivity contribution in [3.63, 3.8) is 0 Å². The van der Waals surface area contributed by atoms with E-state index in [0.29, 0.717) is 30.1 Å². The molecule has 1 saturated carbocycles. The lowest BCUT2D eigenvalue weighted by molar-refractivity contribution is -0.134. The third-order valence-electron chi connectivity index (χ3n) is 4.44. The fourth-order valence-corrected chi connectivity index (χ4v) is 2.82. The normalized spacial score (nSPS) is 14.8. The highest BCUT2D eigenvalue weighted by molar-refractivity contribution is 6.34. The molecule has 1 aliphatic carbocycles. The number of carbonyl (C=O) groups is 2. The fraction of sp³-hybridized carbons (Fsp3) is 0.263. The molecule has 0 saturated heterocycles. The Labute approximate surface area is 146 Å². The van der Waals surface area contributed by atoms with Crippen molar-refractivity contribution in [2.24, 2.45) is 5.41 Å². The van der Waals surface area contributed by atoms with Gasteiger partial charge in [-0.2, -0.15) is 0 Å². The van der Waals surface area contributed by atoms with Gasteiger partial charge in [0.15, 0.2) is 0 Å². The smallest absolute Gasteiger partial charge is 0.240 e. The molecule has 1 aliphatic rings. The Kier molecular flexibility index (Phi) is 4.58. The number of hydrogen-bond donors (Lipinski definition) is 2. The molecule has 0 bridgehead atoms. The van der Waals surface area contributed by atoms with Crippen LogP contribution in [0.4, 0.5) is 5.69 Å². The molecule has 2 aromatic rings. The van der Waals surface area contributed by atoms with Gasteiger partial charge in [-0.3, -0.25) is 9.59 Å². The van der Waals surface area contributed by atoms with Crippen LogP contribution >= 0.6 is 11.6 Å². The maximum atomic E-state index is 12.5. The molecule has 0 heterocycles. The Balaban J connectivity index is 1.65. The van der Waals surface area contributed by atoms with Gasteiger partial charge in [0, 0.05) is 6.54 Å². The number of amides is 2. The van der Waals surface area contributed by atoms with Crippen molar-refractivity contribution in [2.75, 3.05) is 5.32 Å². The van der Waals surface area contributed by atoms with Gasteiger partial charge in [0.2, 0.25) is 11.8 Å². The van der Waals surface area contributed by atoms with Gasteiger partial charge in [-0.15, -0.1) is 0 Å².